The molecule has 4 aromatic rings. The molecular weight excluding hydrogens is 388 g/mol. The average molecular weight is 404 g/mol. The Hall–Kier alpha value is -3.78. The summed E-state index contributed by atoms with van der Waals surface area (Å²) < 4.78 is 5.05. The van der Waals surface area contributed by atoms with Crippen molar-refractivity contribution in [1.82, 2.24) is 9.97 Å². The molecule has 0 radical (unpaired) electrons. The van der Waals surface area contributed by atoms with Gasteiger partial charge >= 0.3 is 0 Å². The van der Waals surface area contributed by atoms with Crippen molar-refractivity contribution >= 4 is 33.8 Å². The first-order valence-corrected chi connectivity index (χ1v) is 9.56. The van der Waals surface area contributed by atoms with Gasteiger partial charge in [-0.1, -0.05) is 0 Å². The minimum Gasteiger partial charge on any atom is -0.459 e. The molecule has 8 heteroatoms. The molecule has 2 amide bonds. The van der Waals surface area contributed by atoms with E-state index in [-0.39, 0.29) is 17.6 Å². The molecule has 0 unspecified atom stereocenters. The van der Waals surface area contributed by atoms with Crippen LogP contribution < -0.4 is 10.6 Å². The lowest BCUT2D eigenvalue weighted by Crippen LogP contribution is -2.10. The number of carbonyl (C=O) groups excluding carboxylic acids is 2. The number of nitrogens with zero attached hydrogens (tertiary/aromatic N) is 2. The maximum absolute atomic E-state index is 12.5. The maximum Gasteiger partial charge on any atom is 0.291 e. The third kappa shape index (κ3) is 4.39. The zero-order chi connectivity index (χ0) is 20.2. The zero-order valence-corrected chi connectivity index (χ0v) is 16.2. The van der Waals surface area contributed by atoms with E-state index < -0.39 is 0 Å². The van der Waals surface area contributed by atoms with Gasteiger partial charge in [0.15, 0.2) is 11.6 Å². The molecule has 0 atom stereocenters. The molecule has 7 nitrogen and oxygen atoms in total. The van der Waals surface area contributed by atoms with Crippen molar-refractivity contribution in [1.29, 1.82) is 0 Å². The van der Waals surface area contributed by atoms with E-state index in [0.717, 1.165) is 11.3 Å². The third-order valence-corrected chi connectivity index (χ3v) is 5.01. The Labute approximate surface area is 170 Å². The summed E-state index contributed by atoms with van der Waals surface area (Å²) in [6.45, 7) is 1.91. The predicted octanol–water partition coefficient (Wildman–Crippen LogP) is 4.61. The Morgan fingerprint density at radius 3 is 2.52 bits per heavy atom. The third-order valence-electron chi connectivity index (χ3n) is 4.01. The van der Waals surface area contributed by atoms with E-state index in [1.165, 1.54) is 17.6 Å². The predicted molar refractivity (Wildman–Crippen MR) is 111 cm³/mol. The fourth-order valence-electron chi connectivity index (χ4n) is 2.59. The van der Waals surface area contributed by atoms with Gasteiger partial charge in [0.2, 0.25) is 0 Å². The molecule has 3 heterocycles. The summed E-state index contributed by atoms with van der Waals surface area (Å²) in [7, 11) is 0. The lowest BCUT2D eigenvalue weighted by atomic mass is 10.2. The van der Waals surface area contributed by atoms with Gasteiger partial charge in [-0.05, 0) is 61.5 Å². The van der Waals surface area contributed by atoms with E-state index >= 15 is 0 Å². The number of anilines is 2. The van der Waals surface area contributed by atoms with Gasteiger partial charge in [0.25, 0.3) is 11.8 Å². The van der Waals surface area contributed by atoms with E-state index in [4.69, 9.17) is 4.42 Å². The minimum atomic E-state index is -0.363. The Kier molecular flexibility index (Phi) is 5.17. The van der Waals surface area contributed by atoms with E-state index in [1.54, 1.807) is 42.6 Å². The highest BCUT2D eigenvalue weighted by Gasteiger charge is 2.13. The molecule has 29 heavy (non-hydrogen) atoms. The summed E-state index contributed by atoms with van der Waals surface area (Å²) in [5.74, 6) is 0.228. The van der Waals surface area contributed by atoms with Crippen molar-refractivity contribution in [3.63, 3.8) is 0 Å². The highest BCUT2D eigenvalue weighted by molar-refractivity contribution is 7.18. The van der Waals surface area contributed by atoms with Crippen LogP contribution in [0.4, 0.5) is 10.7 Å². The van der Waals surface area contributed by atoms with Crippen molar-refractivity contribution in [2.45, 2.75) is 6.92 Å². The Bertz CT molecular complexity index is 1150. The topological polar surface area (TPSA) is 97.1 Å². The van der Waals surface area contributed by atoms with Crippen LogP contribution in [0, 0.1) is 6.92 Å². The molecule has 0 spiro atoms. The van der Waals surface area contributed by atoms with Crippen LogP contribution in [0.25, 0.3) is 11.4 Å². The number of hydrogen-bond acceptors (Lipinski definition) is 6. The van der Waals surface area contributed by atoms with Gasteiger partial charge in [0.05, 0.1) is 16.1 Å². The first-order valence-electron chi connectivity index (χ1n) is 8.74. The number of furan rings is 1. The summed E-state index contributed by atoms with van der Waals surface area (Å²) >= 11 is 1.18. The summed E-state index contributed by atoms with van der Waals surface area (Å²) in [5.41, 5.74) is 2.41. The average Bonchev–Trinajstić information content (AvgIpc) is 3.41. The molecular formula is C21H16N4O3S. The number of nitrogens with one attached hydrogen (secondary N) is 2. The van der Waals surface area contributed by atoms with Crippen molar-refractivity contribution in [2.75, 3.05) is 10.6 Å². The van der Waals surface area contributed by atoms with Crippen LogP contribution in [0.5, 0.6) is 0 Å². The van der Waals surface area contributed by atoms with Gasteiger partial charge in [-0.25, -0.2) is 9.97 Å². The number of thiophene rings is 1. The van der Waals surface area contributed by atoms with Gasteiger partial charge in [0, 0.05) is 23.1 Å². The molecule has 0 saturated heterocycles. The molecule has 1 aromatic carbocycles. The Morgan fingerprint density at radius 2 is 1.79 bits per heavy atom. The lowest BCUT2D eigenvalue weighted by molar-refractivity contribution is 0.0995. The molecule has 4 rings (SSSR count). The van der Waals surface area contributed by atoms with E-state index in [1.807, 2.05) is 25.1 Å². The maximum atomic E-state index is 12.5. The number of aromatic nitrogens is 2. The summed E-state index contributed by atoms with van der Waals surface area (Å²) in [6, 6.07) is 15.7. The Morgan fingerprint density at radius 1 is 0.966 bits per heavy atom. The minimum absolute atomic E-state index is 0.210. The molecule has 0 bridgehead atoms. The van der Waals surface area contributed by atoms with Gasteiger partial charge in [-0.15, -0.1) is 11.3 Å². The van der Waals surface area contributed by atoms with Crippen LogP contribution >= 0.6 is 11.3 Å². The largest absolute Gasteiger partial charge is 0.459 e. The molecule has 0 aliphatic carbocycles. The van der Waals surface area contributed by atoms with E-state index in [2.05, 4.69) is 20.6 Å². The first-order chi connectivity index (χ1) is 14.1. The second-order valence-electron chi connectivity index (χ2n) is 6.15. The van der Waals surface area contributed by atoms with Gasteiger partial charge < -0.3 is 15.1 Å². The van der Waals surface area contributed by atoms with Crippen LogP contribution in [0.15, 0.2) is 71.5 Å². The van der Waals surface area contributed by atoms with Crippen LogP contribution in [0.2, 0.25) is 0 Å². The molecule has 0 aliphatic rings. The fourth-order valence-corrected chi connectivity index (χ4v) is 3.39. The van der Waals surface area contributed by atoms with Crippen molar-refractivity contribution in [2.24, 2.45) is 0 Å². The summed E-state index contributed by atoms with van der Waals surface area (Å²) in [6.07, 6.45) is 3.14. The zero-order valence-electron chi connectivity index (χ0n) is 15.4. The van der Waals surface area contributed by atoms with Gasteiger partial charge in [-0.2, -0.15) is 0 Å². The molecule has 144 valence electrons. The van der Waals surface area contributed by atoms with E-state index in [0.29, 0.717) is 21.4 Å². The summed E-state index contributed by atoms with van der Waals surface area (Å²) in [5, 5.41) is 6.11. The van der Waals surface area contributed by atoms with E-state index in [9.17, 15) is 9.59 Å². The second-order valence-corrected chi connectivity index (χ2v) is 7.23. The van der Waals surface area contributed by atoms with Crippen LogP contribution in [-0.4, -0.2) is 21.8 Å². The van der Waals surface area contributed by atoms with Crippen LogP contribution in [0.1, 0.15) is 25.9 Å². The van der Waals surface area contributed by atoms with Crippen molar-refractivity contribution in [3.05, 3.63) is 83.4 Å². The van der Waals surface area contributed by atoms with Crippen LogP contribution in [-0.2, 0) is 0 Å². The standard InChI is InChI=1S/C21H16N4O3S/c1-13-10-11-22-19(23-13)14-4-6-15(7-5-14)24-21(27)17-8-9-18(29-17)25-20(26)16-3-2-12-28-16/h2-12H,1H3,(H,24,27)(H,25,26). The molecule has 0 fully saturated rings. The number of benzene rings is 1. The van der Waals surface area contributed by atoms with Crippen LogP contribution in [0.3, 0.4) is 0 Å². The molecule has 3 aromatic heterocycles. The molecule has 0 aliphatic heterocycles. The number of aryl methyl sites for hydroxylation is 1. The number of rotatable bonds is 5. The van der Waals surface area contributed by atoms with Gasteiger partial charge in [-0.3, -0.25) is 9.59 Å². The normalized spacial score (nSPS) is 10.5. The highest BCUT2D eigenvalue weighted by atomic mass is 32.1. The van der Waals surface area contributed by atoms with Crippen molar-refractivity contribution < 1.29 is 14.0 Å². The highest BCUT2D eigenvalue weighted by Crippen LogP contribution is 2.24. The molecule has 0 saturated carbocycles. The first kappa shape index (κ1) is 18.6. The molecule has 2 N–H and O–H groups in total. The lowest BCUT2D eigenvalue weighted by Gasteiger charge is -2.05. The monoisotopic (exact) mass is 404 g/mol. The SMILES string of the molecule is Cc1ccnc(-c2ccc(NC(=O)c3ccc(NC(=O)c4ccco4)s3)cc2)n1. The smallest absolute Gasteiger partial charge is 0.291 e. The summed E-state index contributed by atoms with van der Waals surface area (Å²) in [4.78, 5) is 33.6. The number of amides is 2. The van der Waals surface area contributed by atoms with Gasteiger partial charge in [0.1, 0.15) is 0 Å². The Balaban J connectivity index is 1.40. The number of hydrogen-bond donors (Lipinski definition) is 2. The second kappa shape index (κ2) is 8.07. The fraction of sp³-hybridized carbons (Fsp3) is 0.0476. The quantitative estimate of drug-likeness (QED) is 0.506. The number of carbonyl (C=O) groups is 2. The van der Waals surface area contributed by atoms with Crippen molar-refractivity contribution in [3.8, 4) is 11.4 Å².